The Labute approximate surface area is 111 Å². The van der Waals surface area contributed by atoms with Gasteiger partial charge in [-0.25, -0.2) is 4.39 Å². The van der Waals surface area contributed by atoms with Crippen molar-refractivity contribution in [3.8, 4) is 11.1 Å². The van der Waals surface area contributed by atoms with Crippen molar-refractivity contribution in [1.29, 1.82) is 0 Å². The molecule has 2 aromatic rings. The number of rotatable bonds is 3. The smallest absolute Gasteiger partial charge is 0.241 e. The number of anilines is 1. The number of hydrogen-bond acceptors (Lipinski definition) is 2. The molecular formula is C15H15FN2O. The second-order valence-corrected chi connectivity index (χ2v) is 4.33. The van der Waals surface area contributed by atoms with Crippen molar-refractivity contribution in [2.45, 2.75) is 13.0 Å². The summed E-state index contributed by atoms with van der Waals surface area (Å²) in [6.45, 7) is 1.62. The molecule has 0 fully saturated rings. The summed E-state index contributed by atoms with van der Waals surface area (Å²) in [5.74, 6) is -0.546. The van der Waals surface area contributed by atoms with Gasteiger partial charge in [0.1, 0.15) is 5.82 Å². The maximum atomic E-state index is 12.9. The molecule has 4 heteroatoms. The number of carbonyl (C=O) groups is 1. The fourth-order valence-electron chi connectivity index (χ4n) is 1.72. The highest BCUT2D eigenvalue weighted by Crippen LogP contribution is 2.27. The summed E-state index contributed by atoms with van der Waals surface area (Å²) in [4.78, 5) is 11.7. The van der Waals surface area contributed by atoms with Gasteiger partial charge in [0.05, 0.1) is 6.04 Å². The van der Waals surface area contributed by atoms with E-state index in [9.17, 15) is 9.18 Å². The highest BCUT2D eigenvalue weighted by molar-refractivity contribution is 5.98. The maximum absolute atomic E-state index is 12.9. The molecule has 0 saturated heterocycles. The number of benzene rings is 2. The van der Waals surface area contributed by atoms with Gasteiger partial charge in [0.2, 0.25) is 5.91 Å². The largest absolute Gasteiger partial charge is 0.324 e. The number of nitrogens with one attached hydrogen (secondary N) is 1. The Balaban J connectivity index is 2.36. The summed E-state index contributed by atoms with van der Waals surface area (Å²) in [7, 11) is 0. The Morgan fingerprint density at radius 2 is 1.79 bits per heavy atom. The van der Waals surface area contributed by atoms with Crippen molar-refractivity contribution in [2.75, 3.05) is 5.32 Å². The van der Waals surface area contributed by atoms with Crippen LogP contribution in [0.2, 0.25) is 0 Å². The maximum Gasteiger partial charge on any atom is 0.241 e. The van der Waals surface area contributed by atoms with Gasteiger partial charge in [0.15, 0.2) is 0 Å². The lowest BCUT2D eigenvalue weighted by Gasteiger charge is -2.12. The van der Waals surface area contributed by atoms with Crippen LogP contribution in [0.5, 0.6) is 0 Å². The second-order valence-electron chi connectivity index (χ2n) is 4.33. The van der Waals surface area contributed by atoms with Crippen LogP contribution < -0.4 is 11.1 Å². The molecule has 1 amide bonds. The molecule has 1 atom stereocenters. The van der Waals surface area contributed by atoms with Crippen LogP contribution in [-0.2, 0) is 4.79 Å². The molecule has 0 aliphatic carbocycles. The van der Waals surface area contributed by atoms with Gasteiger partial charge in [-0.15, -0.1) is 0 Å². The Morgan fingerprint density at radius 3 is 2.42 bits per heavy atom. The van der Waals surface area contributed by atoms with E-state index in [-0.39, 0.29) is 11.7 Å². The van der Waals surface area contributed by atoms with E-state index in [4.69, 9.17) is 5.73 Å². The summed E-state index contributed by atoms with van der Waals surface area (Å²) in [6, 6.07) is 12.9. The van der Waals surface area contributed by atoms with E-state index < -0.39 is 6.04 Å². The summed E-state index contributed by atoms with van der Waals surface area (Å²) in [5.41, 5.74) is 7.86. The number of nitrogens with two attached hydrogens (primary N) is 1. The van der Waals surface area contributed by atoms with Gasteiger partial charge < -0.3 is 11.1 Å². The summed E-state index contributed by atoms with van der Waals surface area (Å²) in [6.07, 6.45) is 0. The molecule has 0 heterocycles. The normalized spacial score (nSPS) is 11.9. The fraction of sp³-hybridized carbons (Fsp3) is 0.133. The molecule has 0 bridgehead atoms. The molecule has 0 saturated carbocycles. The van der Waals surface area contributed by atoms with Crippen LogP contribution in [0.3, 0.4) is 0 Å². The lowest BCUT2D eigenvalue weighted by atomic mass is 10.0. The molecule has 0 aliphatic rings. The van der Waals surface area contributed by atoms with Gasteiger partial charge in [-0.2, -0.15) is 0 Å². The molecule has 2 rings (SSSR count). The van der Waals surface area contributed by atoms with Crippen LogP contribution in [0.25, 0.3) is 11.1 Å². The van der Waals surface area contributed by atoms with E-state index in [1.165, 1.54) is 12.1 Å². The minimum Gasteiger partial charge on any atom is -0.324 e. The first kappa shape index (κ1) is 13.2. The third-order valence-corrected chi connectivity index (χ3v) is 2.75. The van der Waals surface area contributed by atoms with E-state index in [1.54, 1.807) is 25.1 Å². The monoisotopic (exact) mass is 258 g/mol. The van der Waals surface area contributed by atoms with E-state index >= 15 is 0 Å². The molecule has 1 unspecified atom stereocenters. The van der Waals surface area contributed by atoms with E-state index in [0.29, 0.717) is 5.69 Å². The van der Waals surface area contributed by atoms with Crippen molar-refractivity contribution >= 4 is 11.6 Å². The topological polar surface area (TPSA) is 55.1 Å². The van der Waals surface area contributed by atoms with Crippen LogP contribution >= 0.6 is 0 Å². The summed E-state index contributed by atoms with van der Waals surface area (Å²) < 4.78 is 12.9. The molecule has 0 radical (unpaired) electrons. The Bertz CT molecular complexity index is 579. The molecule has 98 valence electrons. The zero-order valence-electron chi connectivity index (χ0n) is 10.6. The van der Waals surface area contributed by atoms with Gasteiger partial charge in [-0.3, -0.25) is 4.79 Å². The first-order valence-corrected chi connectivity index (χ1v) is 5.99. The lowest BCUT2D eigenvalue weighted by molar-refractivity contribution is -0.117. The number of para-hydroxylation sites is 1. The van der Waals surface area contributed by atoms with Crippen LogP contribution in [0.1, 0.15) is 6.92 Å². The predicted octanol–water partition coefficient (Wildman–Crippen LogP) is 2.78. The molecule has 0 aromatic heterocycles. The van der Waals surface area contributed by atoms with E-state index in [0.717, 1.165) is 11.1 Å². The zero-order chi connectivity index (χ0) is 13.8. The van der Waals surface area contributed by atoms with Crippen molar-refractivity contribution in [2.24, 2.45) is 5.73 Å². The van der Waals surface area contributed by atoms with Crippen LogP contribution in [0.4, 0.5) is 10.1 Å². The van der Waals surface area contributed by atoms with E-state index in [1.807, 2.05) is 18.2 Å². The van der Waals surface area contributed by atoms with Gasteiger partial charge in [-0.05, 0) is 30.7 Å². The number of carbonyl (C=O) groups excluding carboxylic acids is 1. The summed E-state index contributed by atoms with van der Waals surface area (Å²) in [5, 5.41) is 2.77. The lowest BCUT2D eigenvalue weighted by Crippen LogP contribution is -2.32. The SMILES string of the molecule is CC(N)C(=O)Nc1ccccc1-c1ccc(F)cc1. The van der Waals surface area contributed by atoms with Gasteiger partial charge in [0.25, 0.3) is 0 Å². The number of amides is 1. The van der Waals surface area contributed by atoms with Crippen molar-refractivity contribution in [3.63, 3.8) is 0 Å². The molecular weight excluding hydrogens is 243 g/mol. The Morgan fingerprint density at radius 1 is 1.16 bits per heavy atom. The van der Waals surface area contributed by atoms with Gasteiger partial charge in [-0.1, -0.05) is 30.3 Å². The minimum absolute atomic E-state index is 0.255. The average molecular weight is 258 g/mol. The standard InChI is InChI=1S/C15H15FN2O/c1-10(17)15(19)18-14-5-3-2-4-13(14)11-6-8-12(16)9-7-11/h2-10H,17H2,1H3,(H,18,19). The van der Waals surface area contributed by atoms with Crippen molar-refractivity contribution < 1.29 is 9.18 Å². The number of hydrogen-bond donors (Lipinski definition) is 2. The summed E-state index contributed by atoms with van der Waals surface area (Å²) >= 11 is 0. The predicted molar refractivity (Wildman–Crippen MR) is 74.1 cm³/mol. The number of halogens is 1. The highest BCUT2D eigenvalue weighted by atomic mass is 19.1. The van der Waals surface area contributed by atoms with Crippen LogP contribution in [-0.4, -0.2) is 11.9 Å². The average Bonchev–Trinajstić information content (AvgIpc) is 2.40. The van der Waals surface area contributed by atoms with Gasteiger partial charge >= 0.3 is 0 Å². The molecule has 2 aromatic carbocycles. The quantitative estimate of drug-likeness (QED) is 0.889. The second kappa shape index (κ2) is 5.63. The molecule has 3 N–H and O–H groups in total. The first-order valence-electron chi connectivity index (χ1n) is 5.99. The molecule has 0 aliphatic heterocycles. The van der Waals surface area contributed by atoms with Crippen molar-refractivity contribution in [1.82, 2.24) is 0 Å². The van der Waals surface area contributed by atoms with Crippen LogP contribution in [0.15, 0.2) is 48.5 Å². The third kappa shape index (κ3) is 3.17. The molecule has 19 heavy (non-hydrogen) atoms. The Kier molecular flexibility index (Phi) is 3.92. The highest BCUT2D eigenvalue weighted by Gasteiger charge is 2.11. The van der Waals surface area contributed by atoms with E-state index in [2.05, 4.69) is 5.32 Å². The fourth-order valence-corrected chi connectivity index (χ4v) is 1.72. The van der Waals surface area contributed by atoms with Crippen molar-refractivity contribution in [3.05, 3.63) is 54.3 Å². The first-order chi connectivity index (χ1) is 9.08. The Hall–Kier alpha value is -2.20. The molecule has 0 spiro atoms. The van der Waals surface area contributed by atoms with Crippen LogP contribution in [0, 0.1) is 5.82 Å². The van der Waals surface area contributed by atoms with Gasteiger partial charge in [0, 0.05) is 11.3 Å². The minimum atomic E-state index is -0.582. The zero-order valence-corrected chi connectivity index (χ0v) is 10.6. The third-order valence-electron chi connectivity index (χ3n) is 2.75. The molecule has 3 nitrogen and oxygen atoms in total.